The van der Waals surface area contributed by atoms with Gasteiger partial charge >= 0.3 is 0 Å². The molecular weight excluding hydrogens is 202 g/mol. The molecule has 0 bridgehead atoms. The molecule has 0 radical (unpaired) electrons. The molecule has 0 heterocycles. The molecule has 76 valence electrons. The number of benzene rings is 1. The smallest absolute Gasteiger partial charge is 0.255 e. The summed E-state index contributed by atoms with van der Waals surface area (Å²) in [5.41, 5.74) is 0.411. The summed E-state index contributed by atoms with van der Waals surface area (Å²) in [7, 11) is 1.70. The third-order valence-corrected chi connectivity index (χ3v) is 2.32. The molecule has 1 N–H and O–H groups in total. The van der Waals surface area contributed by atoms with E-state index >= 15 is 0 Å². The summed E-state index contributed by atoms with van der Waals surface area (Å²) in [6.45, 7) is 2.50. The lowest BCUT2D eigenvalue weighted by molar-refractivity contribution is 0.0802. The number of hydrogen-bond donors (Lipinski definition) is 1. The van der Waals surface area contributed by atoms with E-state index in [9.17, 15) is 4.79 Å². The topological polar surface area (TPSA) is 40.5 Å². The number of phenolic OH excluding ortho intramolecular Hbond substituents is 1. The molecule has 1 aromatic rings. The average Bonchev–Trinajstić information content (AvgIpc) is 2.15. The first-order valence-corrected chi connectivity index (χ1v) is 4.68. The Balaban J connectivity index is 3.02. The van der Waals surface area contributed by atoms with Crippen molar-refractivity contribution in [1.29, 1.82) is 0 Å². The molecule has 1 amide bonds. The molecule has 1 rings (SSSR count). The van der Waals surface area contributed by atoms with Gasteiger partial charge in [0.2, 0.25) is 0 Å². The van der Waals surface area contributed by atoms with Gasteiger partial charge in [-0.05, 0) is 25.1 Å². The van der Waals surface area contributed by atoms with Gasteiger partial charge < -0.3 is 10.0 Å². The summed E-state index contributed by atoms with van der Waals surface area (Å²) in [6.07, 6.45) is 0. The lowest BCUT2D eigenvalue weighted by Crippen LogP contribution is -2.26. The van der Waals surface area contributed by atoms with Crippen molar-refractivity contribution in [3.63, 3.8) is 0 Å². The summed E-state index contributed by atoms with van der Waals surface area (Å²) in [4.78, 5) is 13.2. The number of amides is 1. The van der Waals surface area contributed by atoms with Gasteiger partial charge in [0.1, 0.15) is 5.75 Å². The van der Waals surface area contributed by atoms with Crippen LogP contribution in [0, 0.1) is 0 Å². The van der Waals surface area contributed by atoms with Gasteiger partial charge in [-0.25, -0.2) is 0 Å². The molecule has 14 heavy (non-hydrogen) atoms. The van der Waals surface area contributed by atoms with Crippen molar-refractivity contribution < 1.29 is 9.90 Å². The summed E-state index contributed by atoms with van der Waals surface area (Å²) in [5.74, 6) is -0.0804. The van der Waals surface area contributed by atoms with Crippen LogP contribution in [0.3, 0.4) is 0 Å². The van der Waals surface area contributed by atoms with Crippen LogP contribution in [0.1, 0.15) is 17.3 Å². The SMILES string of the molecule is CCN(C)C(=O)c1ccc(O)cc1Cl. The minimum Gasteiger partial charge on any atom is -0.508 e. The minimum absolute atomic E-state index is 0.0608. The van der Waals surface area contributed by atoms with Crippen molar-refractivity contribution in [3.8, 4) is 5.75 Å². The van der Waals surface area contributed by atoms with E-state index < -0.39 is 0 Å². The van der Waals surface area contributed by atoms with Gasteiger partial charge in [0.25, 0.3) is 5.91 Å². The second kappa shape index (κ2) is 4.33. The molecule has 3 nitrogen and oxygen atoms in total. The normalized spacial score (nSPS) is 9.93. The minimum atomic E-state index is -0.141. The molecule has 0 unspecified atom stereocenters. The molecule has 0 atom stereocenters. The Morgan fingerprint density at radius 3 is 2.71 bits per heavy atom. The lowest BCUT2D eigenvalue weighted by atomic mass is 10.2. The van der Waals surface area contributed by atoms with Crippen LogP contribution < -0.4 is 0 Å². The van der Waals surface area contributed by atoms with E-state index in [0.717, 1.165) is 0 Å². The molecular formula is C10H12ClNO2. The molecule has 0 spiro atoms. The summed E-state index contributed by atoms with van der Waals surface area (Å²) < 4.78 is 0. The largest absolute Gasteiger partial charge is 0.508 e. The van der Waals surface area contributed by atoms with Gasteiger partial charge in [-0.1, -0.05) is 11.6 Å². The quantitative estimate of drug-likeness (QED) is 0.818. The maximum absolute atomic E-state index is 11.7. The molecule has 0 aliphatic rings. The van der Waals surface area contributed by atoms with Gasteiger partial charge in [-0.2, -0.15) is 0 Å². The van der Waals surface area contributed by atoms with Crippen LogP contribution in [0.5, 0.6) is 5.75 Å². The zero-order valence-corrected chi connectivity index (χ0v) is 8.88. The highest BCUT2D eigenvalue weighted by Crippen LogP contribution is 2.22. The third kappa shape index (κ3) is 2.17. The first kappa shape index (κ1) is 10.9. The standard InChI is InChI=1S/C10H12ClNO2/c1-3-12(2)10(14)8-5-4-7(13)6-9(8)11/h4-6,13H,3H2,1-2H3. The van der Waals surface area contributed by atoms with E-state index in [1.807, 2.05) is 6.92 Å². The van der Waals surface area contributed by atoms with E-state index in [2.05, 4.69) is 0 Å². The van der Waals surface area contributed by atoms with Crippen molar-refractivity contribution in [2.24, 2.45) is 0 Å². The predicted molar refractivity (Wildman–Crippen MR) is 55.8 cm³/mol. The van der Waals surface area contributed by atoms with Gasteiger partial charge in [0.15, 0.2) is 0 Å². The van der Waals surface area contributed by atoms with Crippen LogP contribution in [0.15, 0.2) is 18.2 Å². The van der Waals surface area contributed by atoms with E-state index in [0.29, 0.717) is 12.1 Å². The number of nitrogens with zero attached hydrogens (tertiary/aromatic N) is 1. The van der Waals surface area contributed by atoms with Crippen LogP contribution in [0.25, 0.3) is 0 Å². The van der Waals surface area contributed by atoms with Gasteiger partial charge in [0.05, 0.1) is 10.6 Å². The Hall–Kier alpha value is -1.22. The number of halogens is 1. The summed E-state index contributed by atoms with van der Waals surface area (Å²) >= 11 is 5.82. The van der Waals surface area contributed by atoms with Crippen LogP contribution in [-0.2, 0) is 0 Å². The van der Waals surface area contributed by atoms with E-state index in [-0.39, 0.29) is 16.7 Å². The number of rotatable bonds is 2. The maximum Gasteiger partial charge on any atom is 0.255 e. The number of aromatic hydroxyl groups is 1. The second-order valence-corrected chi connectivity index (χ2v) is 3.39. The highest BCUT2D eigenvalue weighted by Gasteiger charge is 2.13. The van der Waals surface area contributed by atoms with Crippen molar-refractivity contribution >= 4 is 17.5 Å². The average molecular weight is 214 g/mol. The molecule has 4 heteroatoms. The van der Waals surface area contributed by atoms with Gasteiger partial charge in [-0.3, -0.25) is 4.79 Å². The number of phenols is 1. The fraction of sp³-hybridized carbons (Fsp3) is 0.300. The van der Waals surface area contributed by atoms with Crippen molar-refractivity contribution in [2.45, 2.75) is 6.92 Å². The van der Waals surface area contributed by atoms with E-state index in [4.69, 9.17) is 16.7 Å². The highest BCUT2D eigenvalue weighted by atomic mass is 35.5. The molecule has 0 saturated heterocycles. The molecule has 1 aromatic carbocycles. The Morgan fingerprint density at radius 1 is 1.57 bits per heavy atom. The van der Waals surface area contributed by atoms with Crippen LogP contribution in [0.4, 0.5) is 0 Å². The molecule has 0 fully saturated rings. The molecule has 0 saturated carbocycles. The Kier molecular flexibility index (Phi) is 3.36. The van der Waals surface area contributed by atoms with Gasteiger partial charge in [0, 0.05) is 13.6 Å². The zero-order chi connectivity index (χ0) is 10.7. The van der Waals surface area contributed by atoms with Crippen molar-refractivity contribution in [1.82, 2.24) is 4.90 Å². The number of hydrogen-bond acceptors (Lipinski definition) is 2. The zero-order valence-electron chi connectivity index (χ0n) is 8.12. The Labute approximate surface area is 87.9 Å². The Morgan fingerprint density at radius 2 is 2.21 bits per heavy atom. The molecule has 0 aliphatic heterocycles. The summed E-state index contributed by atoms with van der Waals surface area (Å²) in [5, 5.41) is 9.38. The second-order valence-electron chi connectivity index (χ2n) is 2.98. The van der Waals surface area contributed by atoms with E-state index in [1.54, 1.807) is 11.9 Å². The van der Waals surface area contributed by atoms with Crippen molar-refractivity contribution in [2.75, 3.05) is 13.6 Å². The first-order valence-electron chi connectivity index (χ1n) is 4.30. The fourth-order valence-electron chi connectivity index (χ4n) is 1.03. The lowest BCUT2D eigenvalue weighted by Gasteiger charge is -2.15. The number of carbonyl (C=O) groups excluding carboxylic acids is 1. The maximum atomic E-state index is 11.7. The third-order valence-electron chi connectivity index (χ3n) is 2.00. The summed E-state index contributed by atoms with van der Waals surface area (Å²) in [6, 6.07) is 4.33. The number of carbonyl (C=O) groups is 1. The van der Waals surface area contributed by atoms with Crippen molar-refractivity contribution in [3.05, 3.63) is 28.8 Å². The van der Waals surface area contributed by atoms with Crippen LogP contribution in [0.2, 0.25) is 5.02 Å². The van der Waals surface area contributed by atoms with Crippen LogP contribution in [-0.4, -0.2) is 29.5 Å². The van der Waals surface area contributed by atoms with Crippen LogP contribution >= 0.6 is 11.6 Å². The predicted octanol–water partition coefficient (Wildman–Crippen LogP) is 2.14. The molecule has 0 aromatic heterocycles. The van der Waals surface area contributed by atoms with Gasteiger partial charge in [-0.15, -0.1) is 0 Å². The highest BCUT2D eigenvalue weighted by molar-refractivity contribution is 6.34. The fourth-order valence-corrected chi connectivity index (χ4v) is 1.28. The van der Waals surface area contributed by atoms with E-state index in [1.165, 1.54) is 18.2 Å². The monoisotopic (exact) mass is 213 g/mol. The Bertz CT molecular complexity index is 352. The molecule has 0 aliphatic carbocycles. The first-order chi connectivity index (χ1) is 6.56.